The van der Waals surface area contributed by atoms with Gasteiger partial charge in [0.25, 0.3) is 0 Å². The van der Waals surface area contributed by atoms with Crippen LogP contribution in [-0.2, 0) is 14.4 Å². The molecule has 0 bridgehead atoms. The third kappa shape index (κ3) is 7.94. The molecule has 1 aliphatic carbocycles. The van der Waals surface area contributed by atoms with Gasteiger partial charge in [-0.1, -0.05) is 19.3 Å². The van der Waals surface area contributed by atoms with Crippen molar-refractivity contribution in [3.05, 3.63) is 0 Å². The molecule has 7 heteroatoms. The lowest BCUT2D eigenvalue weighted by molar-refractivity contribution is -0.140. The van der Waals surface area contributed by atoms with E-state index in [-0.39, 0.29) is 17.6 Å². The second kappa shape index (κ2) is 9.65. The van der Waals surface area contributed by atoms with Crippen molar-refractivity contribution in [1.82, 2.24) is 10.6 Å². The summed E-state index contributed by atoms with van der Waals surface area (Å²) in [5, 5.41) is 14.3. The topological polar surface area (TPSA) is 95.5 Å². The molecule has 0 spiro atoms. The van der Waals surface area contributed by atoms with E-state index >= 15 is 0 Å². The van der Waals surface area contributed by atoms with Gasteiger partial charge in [-0.15, -0.1) is 0 Å². The van der Waals surface area contributed by atoms with Gasteiger partial charge in [-0.25, -0.2) is 4.79 Å². The van der Waals surface area contributed by atoms with Gasteiger partial charge < -0.3 is 15.7 Å². The largest absolute Gasteiger partial charge is 0.480 e. The summed E-state index contributed by atoms with van der Waals surface area (Å²) in [5.41, 5.74) is 0. The van der Waals surface area contributed by atoms with Gasteiger partial charge in [0.1, 0.15) is 6.04 Å². The summed E-state index contributed by atoms with van der Waals surface area (Å²) in [4.78, 5) is 33.5. The molecule has 21 heavy (non-hydrogen) atoms. The highest BCUT2D eigenvalue weighted by Crippen LogP contribution is 2.17. The number of carboxylic acid groups (broad SMARTS) is 1. The molecule has 0 saturated heterocycles. The fourth-order valence-electron chi connectivity index (χ4n) is 2.33. The number of nitrogens with one attached hydrogen (secondary N) is 2. The Morgan fingerprint density at radius 2 is 1.90 bits per heavy atom. The van der Waals surface area contributed by atoms with Crippen LogP contribution in [0.4, 0.5) is 0 Å². The van der Waals surface area contributed by atoms with Gasteiger partial charge in [0, 0.05) is 30.9 Å². The Balaban J connectivity index is 2.15. The summed E-state index contributed by atoms with van der Waals surface area (Å²) in [6.45, 7) is 1.29. The van der Waals surface area contributed by atoms with Crippen molar-refractivity contribution in [2.75, 3.05) is 11.5 Å². The molecule has 0 aromatic rings. The molecule has 1 aliphatic rings. The average Bonchev–Trinajstić information content (AvgIpc) is 2.42. The molecule has 3 N–H and O–H groups in total. The average molecular weight is 316 g/mol. The van der Waals surface area contributed by atoms with Crippen molar-refractivity contribution < 1.29 is 19.5 Å². The Labute approximate surface area is 129 Å². The van der Waals surface area contributed by atoms with Crippen LogP contribution in [0.25, 0.3) is 0 Å². The van der Waals surface area contributed by atoms with Crippen LogP contribution in [0.5, 0.6) is 0 Å². The number of hydrogen-bond donors (Lipinski definition) is 3. The molecule has 0 heterocycles. The molecule has 1 atom stereocenters. The van der Waals surface area contributed by atoms with Crippen LogP contribution in [-0.4, -0.2) is 46.5 Å². The predicted octanol–water partition coefficient (Wildman–Crippen LogP) is 1.15. The maximum Gasteiger partial charge on any atom is 0.327 e. The van der Waals surface area contributed by atoms with Crippen LogP contribution in [0.1, 0.15) is 45.4 Å². The van der Waals surface area contributed by atoms with E-state index in [1.165, 1.54) is 37.9 Å². The number of rotatable bonds is 8. The molecule has 0 aliphatic heterocycles. The molecule has 0 aromatic carbocycles. The molecule has 6 nitrogen and oxygen atoms in total. The highest BCUT2D eigenvalue weighted by Gasteiger charge is 2.19. The van der Waals surface area contributed by atoms with Gasteiger partial charge >= 0.3 is 5.97 Å². The number of hydrogen-bond acceptors (Lipinski definition) is 4. The van der Waals surface area contributed by atoms with Crippen molar-refractivity contribution in [2.45, 2.75) is 57.5 Å². The number of aliphatic carboxylic acids is 1. The van der Waals surface area contributed by atoms with Gasteiger partial charge in [0.2, 0.25) is 11.8 Å². The first-order chi connectivity index (χ1) is 9.99. The molecule has 0 radical (unpaired) electrons. The second-order valence-electron chi connectivity index (χ2n) is 5.32. The lowest BCUT2D eigenvalue weighted by atomic mass is 9.95. The molecule has 0 unspecified atom stereocenters. The molecule has 0 aromatic heterocycles. The maximum atomic E-state index is 11.8. The zero-order chi connectivity index (χ0) is 15.7. The Morgan fingerprint density at radius 1 is 1.24 bits per heavy atom. The van der Waals surface area contributed by atoms with E-state index in [9.17, 15) is 14.4 Å². The lowest BCUT2D eigenvalue weighted by Crippen LogP contribution is -2.41. The summed E-state index contributed by atoms with van der Waals surface area (Å²) in [6.07, 6.45) is 6.11. The molecule has 1 saturated carbocycles. The molecular weight excluding hydrogens is 292 g/mol. The number of amides is 2. The van der Waals surface area contributed by atoms with Crippen molar-refractivity contribution in [3.63, 3.8) is 0 Å². The highest BCUT2D eigenvalue weighted by atomic mass is 32.2. The lowest BCUT2D eigenvalue weighted by Gasteiger charge is -2.22. The first-order valence-corrected chi connectivity index (χ1v) is 8.51. The Morgan fingerprint density at radius 3 is 2.48 bits per heavy atom. The minimum absolute atomic E-state index is 0.0285. The first-order valence-electron chi connectivity index (χ1n) is 7.36. The number of carboxylic acids is 1. The summed E-state index contributed by atoms with van der Waals surface area (Å²) in [7, 11) is 0. The SMILES string of the molecule is CC(=O)N[C@@H](CSCCC(=O)NC1CCCCC1)C(=O)O. The van der Waals surface area contributed by atoms with E-state index in [0.717, 1.165) is 12.8 Å². The molecule has 2 amide bonds. The van der Waals surface area contributed by atoms with Crippen molar-refractivity contribution in [3.8, 4) is 0 Å². The second-order valence-corrected chi connectivity index (χ2v) is 6.47. The van der Waals surface area contributed by atoms with Gasteiger partial charge in [-0.3, -0.25) is 9.59 Å². The summed E-state index contributed by atoms with van der Waals surface area (Å²) in [5.74, 6) is -0.559. The van der Waals surface area contributed by atoms with E-state index in [4.69, 9.17) is 5.11 Å². The molecular formula is C14H24N2O4S. The Bertz CT molecular complexity index is 370. The van der Waals surface area contributed by atoms with E-state index in [1.807, 2.05) is 0 Å². The van der Waals surface area contributed by atoms with Gasteiger partial charge in [0.05, 0.1) is 0 Å². The maximum absolute atomic E-state index is 11.8. The molecule has 1 rings (SSSR count). The van der Waals surface area contributed by atoms with Crippen molar-refractivity contribution in [2.24, 2.45) is 0 Å². The van der Waals surface area contributed by atoms with Crippen LogP contribution in [0.15, 0.2) is 0 Å². The van der Waals surface area contributed by atoms with Crippen LogP contribution >= 0.6 is 11.8 Å². The van der Waals surface area contributed by atoms with E-state index < -0.39 is 12.0 Å². The van der Waals surface area contributed by atoms with Crippen LogP contribution in [0, 0.1) is 0 Å². The Kier molecular flexibility index (Phi) is 8.19. The van der Waals surface area contributed by atoms with Crippen LogP contribution in [0.3, 0.4) is 0 Å². The van der Waals surface area contributed by atoms with Gasteiger partial charge in [-0.2, -0.15) is 11.8 Å². The minimum Gasteiger partial charge on any atom is -0.480 e. The number of thioether (sulfide) groups is 1. The van der Waals surface area contributed by atoms with E-state index in [0.29, 0.717) is 18.2 Å². The summed E-state index contributed by atoms with van der Waals surface area (Å²) < 4.78 is 0. The summed E-state index contributed by atoms with van der Waals surface area (Å²) in [6, 6.07) is -0.587. The smallest absolute Gasteiger partial charge is 0.327 e. The Hall–Kier alpha value is -1.24. The quantitative estimate of drug-likeness (QED) is 0.584. The number of carbonyl (C=O) groups is 3. The van der Waals surface area contributed by atoms with Crippen LogP contribution < -0.4 is 10.6 Å². The van der Waals surface area contributed by atoms with Crippen molar-refractivity contribution in [1.29, 1.82) is 0 Å². The third-order valence-corrected chi connectivity index (χ3v) is 4.47. The van der Waals surface area contributed by atoms with E-state index in [2.05, 4.69) is 10.6 Å². The minimum atomic E-state index is -1.05. The fourth-order valence-corrected chi connectivity index (χ4v) is 3.29. The van der Waals surface area contributed by atoms with Crippen LogP contribution in [0.2, 0.25) is 0 Å². The first kappa shape index (κ1) is 17.8. The summed E-state index contributed by atoms with van der Waals surface area (Å²) >= 11 is 1.37. The zero-order valence-corrected chi connectivity index (χ0v) is 13.2. The molecule has 1 fully saturated rings. The van der Waals surface area contributed by atoms with Gasteiger partial charge in [-0.05, 0) is 12.8 Å². The standard InChI is InChI=1S/C14H24N2O4S/c1-10(17)15-12(14(19)20)9-21-8-7-13(18)16-11-5-3-2-4-6-11/h11-12H,2-9H2,1H3,(H,15,17)(H,16,18)(H,19,20)/t12-/m0/s1. The zero-order valence-electron chi connectivity index (χ0n) is 12.4. The number of carbonyl (C=O) groups excluding carboxylic acids is 2. The molecule has 120 valence electrons. The monoisotopic (exact) mass is 316 g/mol. The normalized spacial score (nSPS) is 17.0. The fraction of sp³-hybridized carbons (Fsp3) is 0.786. The van der Waals surface area contributed by atoms with Crippen molar-refractivity contribution >= 4 is 29.5 Å². The highest BCUT2D eigenvalue weighted by molar-refractivity contribution is 7.99. The third-order valence-electron chi connectivity index (χ3n) is 3.40. The predicted molar refractivity (Wildman–Crippen MR) is 82.2 cm³/mol. The van der Waals surface area contributed by atoms with E-state index in [1.54, 1.807) is 0 Å². The van der Waals surface area contributed by atoms with Gasteiger partial charge in [0.15, 0.2) is 0 Å².